The molecule has 0 aliphatic heterocycles. The molecule has 0 aliphatic rings. The van der Waals surface area contributed by atoms with Crippen LogP contribution < -0.4 is 10.6 Å². The third-order valence-corrected chi connectivity index (χ3v) is 4.22. The van der Waals surface area contributed by atoms with Crippen LogP contribution in [0.2, 0.25) is 0 Å². The number of unbranched alkanes of at least 4 members (excludes halogenated alkanes) is 1. The predicted octanol–water partition coefficient (Wildman–Crippen LogP) is 4.20. The number of halogens is 1. The van der Waals surface area contributed by atoms with Gasteiger partial charge < -0.3 is 15.5 Å². The van der Waals surface area contributed by atoms with Gasteiger partial charge in [-0.3, -0.25) is 4.79 Å². The van der Waals surface area contributed by atoms with Gasteiger partial charge in [0.25, 0.3) is 5.91 Å². The van der Waals surface area contributed by atoms with Crippen molar-refractivity contribution in [2.45, 2.75) is 52.6 Å². The number of carbonyl (C=O) groups excluding carboxylic acids is 1. The van der Waals surface area contributed by atoms with Gasteiger partial charge in [-0.1, -0.05) is 25.1 Å². The zero-order valence-corrected chi connectivity index (χ0v) is 19.5. The van der Waals surface area contributed by atoms with E-state index < -0.39 is 0 Å². The highest BCUT2D eigenvalue weighted by Crippen LogP contribution is 2.07. The summed E-state index contributed by atoms with van der Waals surface area (Å²) in [6.07, 6.45) is 4.93. The van der Waals surface area contributed by atoms with E-state index in [2.05, 4.69) is 36.0 Å². The summed E-state index contributed by atoms with van der Waals surface area (Å²) >= 11 is 0. The largest absolute Gasteiger partial charge is 0.357 e. The zero-order valence-electron chi connectivity index (χ0n) is 17.1. The maximum Gasteiger partial charge on any atom is 0.251 e. The van der Waals surface area contributed by atoms with Gasteiger partial charge >= 0.3 is 0 Å². The number of nitrogens with zero attached hydrogens (tertiary/aromatic N) is 2. The number of hydrogen-bond donors (Lipinski definition) is 2. The Morgan fingerprint density at radius 3 is 2.52 bits per heavy atom. The Morgan fingerprint density at radius 2 is 1.96 bits per heavy atom. The average Bonchev–Trinajstić information content (AvgIpc) is 2.65. The number of guanidine groups is 1. The van der Waals surface area contributed by atoms with E-state index in [1.165, 1.54) is 0 Å². The highest BCUT2D eigenvalue weighted by molar-refractivity contribution is 14.0. The summed E-state index contributed by atoms with van der Waals surface area (Å²) in [7, 11) is 2.05. The number of carbonyl (C=O) groups is 1. The summed E-state index contributed by atoms with van der Waals surface area (Å²) in [5.74, 6) is 0.875. The molecule has 5 nitrogen and oxygen atoms in total. The Morgan fingerprint density at radius 1 is 1.30 bits per heavy atom. The summed E-state index contributed by atoms with van der Waals surface area (Å²) in [6, 6.07) is 7.85. The summed E-state index contributed by atoms with van der Waals surface area (Å²) in [5.41, 5.74) is 1.77. The van der Waals surface area contributed by atoms with Crippen molar-refractivity contribution in [1.82, 2.24) is 15.5 Å². The maximum absolute atomic E-state index is 12.1. The van der Waals surface area contributed by atoms with E-state index in [1.54, 1.807) is 0 Å². The van der Waals surface area contributed by atoms with Crippen LogP contribution in [0.25, 0.3) is 0 Å². The van der Waals surface area contributed by atoms with Gasteiger partial charge in [0.15, 0.2) is 5.96 Å². The third-order valence-electron chi connectivity index (χ3n) is 4.22. The molecule has 0 saturated heterocycles. The van der Waals surface area contributed by atoms with Gasteiger partial charge in [0, 0.05) is 31.7 Å². The van der Waals surface area contributed by atoms with E-state index in [0.29, 0.717) is 12.1 Å². The quantitative estimate of drug-likeness (QED) is 0.171. The summed E-state index contributed by atoms with van der Waals surface area (Å²) in [6.45, 7) is 12.3. The Hall–Kier alpha value is -1.57. The lowest BCUT2D eigenvalue weighted by Gasteiger charge is -2.21. The molecular weight excluding hydrogens is 451 g/mol. The first-order valence-corrected chi connectivity index (χ1v) is 9.51. The van der Waals surface area contributed by atoms with Crippen LogP contribution in [-0.4, -0.2) is 42.9 Å². The molecule has 0 aromatic heterocycles. The van der Waals surface area contributed by atoms with Crippen molar-refractivity contribution in [3.8, 4) is 0 Å². The van der Waals surface area contributed by atoms with Crippen molar-refractivity contribution in [1.29, 1.82) is 0 Å². The summed E-state index contributed by atoms with van der Waals surface area (Å²) in [5, 5.41) is 6.30. The third kappa shape index (κ3) is 9.79. The van der Waals surface area contributed by atoms with Crippen LogP contribution in [0.1, 0.15) is 56.0 Å². The van der Waals surface area contributed by atoms with E-state index in [0.717, 1.165) is 43.9 Å². The second-order valence-electron chi connectivity index (χ2n) is 6.50. The molecule has 1 rings (SSSR count). The van der Waals surface area contributed by atoms with Gasteiger partial charge in [-0.25, -0.2) is 4.99 Å². The number of rotatable bonds is 10. The number of nitrogens with one attached hydrogen (secondary N) is 2. The summed E-state index contributed by atoms with van der Waals surface area (Å²) in [4.78, 5) is 19.0. The fraction of sp³-hybridized carbons (Fsp3) is 0.524. The molecule has 1 amide bonds. The molecular formula is C21H35IN4O. The zero-order chi connectivity index (χ0) is 19.4. The van der Waals surface area contributed by atoms with Gasteiger partial charge in [0.1, 0.15) is 0 Å². The van der Waals surface area contributed by atoms with Gasteiger partial charge in [0.05, 0.1) is 6.54 Å². The number of allylic oxidation sites excluding steroid dienone is 1. The molecule has 0 fully saturated rings. The van der Waals surface area contributed by atoms with Crippen molar-refractivity contribution in [3.05, 3.63) is 48.0 Å². The lowest BCUT2D eigenvalue weighted by molar-refractivity contribution is 0.0939. The predicted molar refractivity (Wildman–Crippen MR) is 126 cm³/mol. The van der Waals surface area contributed by atoms with Crippen molar-refractivity contribution >= 4 is 35.8 Å². The molecule has 1 aromatic rings. The van der Waals surface area contributed by atoms with Crippen molar-refractivity contribution < 1.29 is 4.79 Å². The molecule has 0 heterocycles. The average molecular weight is 486 g/mol. The van der Waals surface area contributed by atoms with E-state index in [1.807, 2.05) is 44.3 Å². The molecule has 0 saturated carbocycles. The molecule has 0 aliphatic carbocycles. The first-order valence-electron chi connectivity index (χ1n) is 9.51. The first-order chi connectivity index (χ1) is 12.5. The molecule has 1 unspecified atom stereocenters. The molecule has 152 valence electrons. The van der Waals surface area contributed by atoms with Gasteiger partial charge in [-0.2, -0.15) is 0 Å². The van der Waals surface area contributed by atoms with Crippen molar-refractivity contribution in [3.63, 3.8) is 0 Å². The fourth-order valence-corrected chi connectivity index (χ4v) is 2.39. The maximum atomic E-state index is 12.1. The molecule has 0 spiro atoms. The smallest absolute Gasteiger partial charge is 0.251 e. The van der Waals surface area contributed by atoms with Crippen LogP contribution in [0, 0.1) is 0 Å². The van der Waals surface area contributed by atoms with Crippen molar-refractivity contribution in [2.75, 3.05) is 20.1 Å². The topological polar surface area (TPSA) is 56.7 Å². The van der Waals surface area contributed by atoms with Crippen LogP contribution in [0.5, 0.6) is 0 Å². The minimum atomic E-state index is -0.0234. The second kappa shape index (κ2) is 14.5. The molecule has 2 N–H and O–H groups in total. The van der Waals surface area contributed by atoms with E-state index in [4.69, 9.17) is 4.99 Å². The minimum Gasteiger partial charge on any atom is -0.357 e. The molecule has 1 aromatic carbocycles. The number of aliphatic imine (C=N–C) groups is 1. The summed E-state index contributed by atoms with van der Waals surface area (Å²) < 4.78 is 0. The Kier molecular flexibility index (Phi) is 13.6. The molecule has 0 bridgehead atoms. The van der Waals surface area contributed by atoms with Crippen LogP contribution in [0.3, 0.4) is 0 Å². The van der Waals surface area contributed by atoms with E-state index in [-0.39, 0.29) is 35.9 Å². The monoisotopic (exact) mass is 486 g/mol. The standard InChI is InChI=1S/C21H34N4O.HI/c1-6-9-10-15-25(5)21(22-8-3)23-16-18-11-13-19(14-12-18)20(26)24-17(4)7-2;/h6,11-14,17H,1,7-10,15-16H2,2-5H3,(H,22,23)(H,24,26);1H. The van der Waals surface area contributed by atoms with Gasteiger partial charge in [-0.15, -0.1) is 30.6 Å². The molecule has 0 radical (unpaired) electrons. The van der Waals surface area contributed by atoms with Crippen LogP contribution in [0.15, 0.2) is 41.9 Å². The van der Waals surface area contributed by atoms with E-state index >= 15 is 0 Å². The lowest BCUT2D eigenvalue weighted by Crippen LogP contribution is -2.39. The van der Waals surface area contributed by atoms with Gasteiger partial charge in [0.2, 0.25) is 0 Å². The van der Waals surface area contributed by atoms with Crippen LogP contribution in [0.4, 0.5) is 0 Å². The Balaban J connectivity index is 0.00000676. The van der Waals surface area contributed by atoms with Crippen LogP contribution in [-0.2, 0) is 6.54 Å². The van der Waals surface area contributed by atoms with Gasteiger partial charge in [-0.05, 0) is 50.8 Å². The van der Waals surface area contributed by atoms with E-state index in [9.17, 15) is 4.79 Å². The number of benzene rings is 1. The second-order valence-corrected chi connectivity index (χ2v) is 6.50. The number of hydrogen-bond acceptors (Lipinski definition) is 2. The SMILES string of the molecule is C=CCCCN(C)C(=NCc1ccc(C(=O)NC(C)CC)cc1)NCC.I. The highest BCUT2D eigenvalue weighted by Gasteiger charge is 2.08. The Bertz CT molecular complexity index is 586. The fourth-order valence-electron chi connectivity index (χ4n) is 2.39. The van der Waals surface area contributed by atoms with Crippen molar-refractivity contribution in [2.24, 2.45) is 4.99 Å². The number of amides is 1. The first kappa shape index (κ1) is 25.4. The lowest BCUT2D eigenvalue weighted by atomic mass is 10.1. The molecule has 1 atom stereocenters. The highest BCUT2D eigenvalue weighted by atomic mass is 127. The Labute approximate surface area is 181 Å². The molecule has 27 heavy (non-hydrogen) atoms. The van der Waals surface area contributed by atoms with Crippen LogP contribution >= 0.6 is 24.0 Å². The normalized spacial score (nSPS) is 11.9. The molecule has 6 heteroatoms. The minimum absolute atomic E-state index is 0.